The number of hydrogen-bond acceptors (Lipinski definition) is 6. The highest BCUT2D eigenvalue weighted by Crippen LogP contribution is 2.23. The van der Waals surface area contributed by atoms with Crippen molar-refractivity contribution in [1.82, 2.24) is 5.32 Å². The summed E-state index contributed by atoms with van der Waals surface area (Å²) in [6.45, 7) is 2.15. The average Bonchev–Trinajstić information content (AvgIpc) is 2.54. The molecule has 0 radical (unpaired) electrons. The molecule has 1 aromatic carbocycles. The molecule has 2 N–H and O–H groups in total. The van der Waals surface area contributed by atoms with Crippen molar-refractivity contribution in [3.63, 3.8) is 0 Å². The number of benzene rings is 1. The number of aliphatic carboxylic acids is 1. The monoisotopic (exact) mass is 346 g/mol. The molecule has 0 spiro atoms. The molecule has 0 unspecified atom stereocenters. The Kier molecular flexibility index (Phi) is 6.16. The van der Waals surface area contributed by atoms with Crippen LogP contribution in [0.15, 0.2) is 27.4 Å². The Morgan fingerprint density at radius 1 is 1.24 bits per heavy atom. The van der Waals surface area contributed by atoms with E-state index in [-0.39, 0.29) is 35.6 Å². The van der Waals surface area contributed by atoms with E-state index < -0.39 is 11.6 Å². The van der Waals surface area contributed by atoms with Gasteiger partial charge in [0.2, 0.25) is 5.91 Å². The smallest absolute Gasteiger partial charge is 0.340 e. The van der Waals surface area contributed by atoms with Gasteiger partial charge in [-0.15, -0.1) is 0 Å². The van der Waals surface area contributed by atoms with E-state index in [1.165, 1.54) is 12.1 Å². The molecular weight excluding hydrogens is 326 g/mol. The molecule has 1 aromatic heterocycles. The van der Waals surface area contributed by atoms with Gasteiger partial charge in [0, 0.05) is 24.0 Å². The first-order chi connectivity index (χ1) is 11.9. The number of phenols is 1. The van der Waals surface area contributed by atoms with Gasteiger partial charge >= 0.3 is 5.63 Å². The van der Waals surface area contributed by atoms with Crippen molar-refractivity contribution in [1.29, 1.82) is 0 Å². The van der Waals surface area contributed by atoms with E-state index >= 15 is 0 Å². The molecule has 7 heteroatoms. The fourth-order valence-electron chi connectivity index (χ4n) is 2.61. The fourth-order valence-corrected chi connectivity index (χ4v) is 2.61. The highest BCUT2D eigenvalue weighted by atomic mass is 16.4. The number of nitrogens with one attached hydrogen (secondary N) is 1. The summed E-state index contributed by atoms with van der Waals surface area (Å²) in [6, 6.07) is 4.49. The number of aryl methyl sites for hydroxylation is 1. The molecule has 1 heterocycles. The summed E-state index contributed by atoms with van der Waals surface area (Å²) in [7, 11) is 0. The molecule has 0 fully saturated rings. The lowest BCUT2D eigenvalue weighted by atomic mass is 10.0. The van der Waals surface area contributed by atoms with Crippen LogP contribution in [0.3, 0.4) is 0 Å². The lowest BCUT2D eigenvalue weighted by Crippen LogP contribution is -2.28. The molecule has 0 atom stereocenters. The number of hydrogen-bond donors (Lipinski definition) is 2. The zero-order valence-electron chi connectivity index (χ0n) is 14.0. The van der Waals surface area contributed by atoms with E-state index in [0.29, 0.717) is 36.8 Å². The maximum absolute atomic E-state index is 12.1. The van der Waals surface area contributed by atoms with Gasteiger partial charge < -0.3 is 24.7 Å². The zero-order valence-corrected chi connectivity index (χ0v) is 14.0. The zero-order chi connectivity index (χ0) is 18.4. The van der Waals surface area contributed by atoms with Crippen LogP contribution in [-0.2, 0) is 16.0 Å². The van der Waals surface area contributed by atoms with Crippen LogP contribution in [0.5, 0.6) is 5.75 Å². The SMILES string of the molecule is Cc1c(CC(=O)NCCCCCC(=O)[O-])c(=O)oc2cc(O)ccc12. The average molecular weight is 346 g/mol. The molecule has 0 bridgehead atoms. The van der Waals surface area contributed by atoms with Crippen molar-refractivity contribution < 1.29 is 24.2 Å². The van der Waals surface area contributed by atoms with Gasteiger partial charge in [0.05, 0.1) is 12.0 Å². The van der Waals surface area contributed by atoms with Crippen LogP contribution in [0.1, 0.15) is 36.8 Å². The van der Waals surface area contributed by atoms with E-state index in [9.17, 15) is 24.6 Å². The van der Waals surface area contributed by atoms with Gasteiger partial charge in [0.1, 0.15) is 11.3 Å². The third kappa shape index (κ3) is 5.07. The van der Waals surface area contributed by atoms with Gasteiger partial charge in [-0.3, -0.25) is 4.79 Å². The summed E-state index contributed by atoms with van der Waals surface area (Å²) in [5.74, 6) is -1.37. The quantitative estimate of drug-likeness (QED) is 0.538. The van der Waals surface area contributed by atoms with Crippen molar-refractivity contribution in [2.45, 2.75) is 39.0 Å². The van der Waals surface area contributed by atoms with E-state index in [1.54, 1.807) is 13.0 Å². The first kappa shape index (κ1) is 18.5. The van der Waals surface area contributed by atoms with Crippen molar-refractivity contribution in [2.75, 3.05) is 6.54 Å². The molecule has 0 aliphatic rings. The molecule has 7 nitrogen and oxygen atoms in total. The summed E-state index contributed by atoms with van der Waals surface area (Å²) < 4.78 is 5.18. The number of carbonyl (C=O) groups excluding carboxylic acids is 2. The van der Waals surface area contributed by atoms with Crippen LogP contribution in [0.2, 0.25) is 0 Å². The van der Waals surface area contributed by atoms with Gasteiger partial charge in [-0.05, 0) is 43.9 Å². The van der Waals surface area contributed by atoms with Gasteiger partial charge in [0.15, 0.2) is 0 Å². The van der Waals surface area contributed by atoms with Crippen LogP contribution in [-0.4, -0.2) is 23.5 Å². The van der Waals surface area contributed by atoms with E-state index in [0.717, 1.165) is 0 Å². The molecule has 134 valence electrons. The molecule has 0 saturated heterocycles. The van der Waals surface area contributed by atoms with Crippen molar-refractivity contribution in [3.05, 3.63) is 39.7 Å². The largest absolute Gasteiger partial charge is 0.550 e. The predicted octanol–water partition coefficient (Wildman–Crippen LogP) is 0.776. The van der Waals surface area contributed by atoms with Crippen molar-refractivity contribution >= 4 is 22.8 Å². The normalized spacial score (nSPS) is 10.8. The third-order valence-corrected chi connectivity index (χ3v) is 3.99. The summed E-state index contributed by atoms with van der Waals surface area (Å²) in [6.07, 6.45) is 1.77. The van der Waals surface area contributed by atoms with Crippen molar-refractivity contribution in [3.8, 4) is 5.75 Å². The second-order valence-corrected chi connectivity index (χ2v) is 5.88. The Hall–Kier alpha value is -2.83. The summed E-state index contributed by atoms with van der Waals surface area (Å²) in [5, 5.41) is 23.1. The number of amides is 1. The Bertz CT molecular complexity index is 839. The fraction of sp³-hybridized carbons (Fsp3) is 0.389. The molecule has 1 amide bonds. The first-order valence-corrected chi connectivity index (χ1v) is 8.10. The minimum Gasteiger partial charge on any atom is -0.550 e. The molecular formula is C18H20NO6-. The second kappa shape index (κ2) is 8.32. The minimum atomic E-state index is -1.07. The Morgan fingerprint density at radius 3 is 2.72 bits per heavy atom. The minimum absolute atomic E-state index is 0.000720. The van der Waals surface area contributed by atoms with E-state index in [4.69, 9.17) is 4.42 Å². The molecule has 0 aliphatic heterocycles. The van der Waals surface area contributed by atoms with Gasteiger partial charge in [0.25, 0.3) is 0 Å². The Labute approximate surface area is 144 Å². The second-order valence-electron chi connectivity index (χ2n) is 5.88. The maximum Gasteiger partial charge on any atom is 0.340 e. The molecule has 0 saturated carbocycles. The van der Waals surface area contributed by atoms with Crippen LogP contribution in [0.4, 0.5) is 0 Å². The number of aromatic hydroxyl groups is 1. The number of carboxylic acid groups (broad SMARTS) is 1. The van der Waals surface area contributed by atoms with Crippen molar-refractivity contribution in [2.24, 2.45) is 0 Å². The van der Waals surface area contributed by atoms with Gasteiger partial charge in [-0.2, -0.15) is 0 Å². The standard InChI is InChI=1S/C18H21NO6/c1-11-13-7-6-12(20)9-15(13)25-18(24)14(11)10-16(21)19-8-4-2-3-5-17(22)23/h6-7,9,20H,2-5,8,10H2,1H3,(H,19,21)(H,22,23)/p-1. The number of unbranched alkanes of at least 4 members (excludes halogenated alkanes) is 2. The highest BCUT2D eigenvalue weighted by molar-refractivity contribution is 5.85. The summed E-state index contributed by atoms with van der Waals surface area (Å²) >= 11 is 0. The summed E-state index contributed by atoms with van der Waals surface area (Å²) in [4.78, 5) is 34.4. The van der Waals surface area contributed by atoms with Gasteiger partial charge in [-0.1, -0.05) is 6.42 Å². The number of carboxylic acids is 1. The molecule has 2 rings (SSSR count). The summed E-state index contributed by atoms with van der Waals surface area (Å²) in [5.41, 5.74) is 0.613. The van der Waals surface area contributed by atoms with Crippen LogP contribution in [0, 0.1) is 6.92 Å². The van der Waals surface area contributed by atoms with Gasteiger partial charge in [-0.25, -0.2) is 4.79 Å². The van der Waals surface area contributed by atoms with Crippen LogP contribution < -0.4 is 16.0 Å². The highest BCUT2D eigenvalue weighted by Gasteiger charge is 2.15. The first-order valence-electron chi connectivity index (χ1n) is 8.10. The topological polar surface area (TPSA) is 120 Å². The maximum atomic E-state index is 12.1. The molecule has 0 aliphatic carbocycles. The number of carbonyl (C=O) groups is 2. The third-order valence-electron chi connectivity index (χ3n) is 3.99. The number of rotatable bonds is 8. The molecule has 2 aromatic rings. The Balaban J connectivity index is 1.96. The van der Waals surface area contributed by atoms with E-state index in [2.05, 4.69) is 5.32 Å². The van der Waals surface area contributed by atoms with E-state index in [1.807, 2.05) is 0 Å². The molecule has 25 heavy (non-hydrogen) atoms. The Morgan fingerprint density at radius 2 is 2.00 bits per heavy atom. The lowest BCUT2D eigenvalue weighted by molar-refractivity contribution is -0.305. The van der Waals surface area contributed by atoms with Crippen LogP contribution >= 0.6 is 0 Å². The number of fused-ring (bicyclic) bond motifs is 1. The predicted molar refractivity (Wildman–Crippen MR) is 89.1 cm³/mol. The van der Waals surface area contributed by atoms with Crippen LogP contribution in [0.25, 0.3) is 11.0 Å². The number of phenolic OH excluding ortho intramolecular Hbond substituents is 1. The lowest BCUT2D eigenvalue weighted by Gasteiger charge is -2.09.